The molecule has 2 heterocycles. The molecule has 0 saturated heterocycles. The third-order valence-corrected chi connectivity index (χ3v) is 5.55. The van der Waals surface area contributed by atoms with E-state index in [-0.39, 0.29) is 5.91 Å². The molecule has 0 unspecified atom stereocenters. The average molecular weight is 412 g/mol. The van der Waals surface area contributed by atoms with E-state index in [0.717, 1.165) is 28.3 Å². The first kappa shape index (κ1) is 18.9. The quantitative estimate of drug-likeness (QED) is 0.595. The van der Waals surface area contributed by atoms with Crippen LogP contribution in [0.2, 0.25) is 10.0 Å². The summed E-state index contributed by atoms with van der Waals surface area (Å²) in [7, 11) is 0. The number of benzene rings is 2. The lowest BCUT2D eigenvalue weighted by Crippen LogP contribution is -2.33. The van der Waals surface area contributed by atoms with Crippen molar-refractivity contribution >= 4 is 29.1 Å². The molecule has 0 saturated carbocycles. The standard InChI is InChI=1S/C22H19Cl2N3O/c1-14-25-20-11-13-27(22(28)17-4-2-3-5-19(17)24)12-10-18(20)21(26-14)15-6-8-16(23)9-7-15/h2-9H,10-13H2,1H3. The number of carbonyl (C=O) groups is 1. The second-order valence-electron chi connectivity index (χ2n) is 6.82. The molecule has 3 aromatic rings. The summed E-state index contributed by atoms with van der Waals surface area (Å²) in [6, 6.07) is 14.9. The van der Waals surface area contributed by atoms with E-state index in [0.29, 0.717) is 41.5 Å². The number of rotatable bonds is 2. The topological polar surface area (TPSA) is 46.1 Å². The maximum atomic E-state index is 13.0. The van der Waals surface area contributed by atoms with Gasteiger partial charge >= 0.3 is 0 Å². The van der Waals surface area contributed by atoms with Gasteiger partial charge in [-0.25, -0.2) is 9.97 Å². The Morgan fingerprint density at radius 2 is 1.68 bits per heavy atom. The van der Waals surface area contributed by atoms with Gasteiger partial charge < -0.3 is 4.90 Å². The molecular formula is C22H19Cl2N3O. The maximum Gasteiger partial charge on any atom is 0.255 e. The fourth-order valence-electron chi connectivity index (χ4n) is 3.58. The molecule has 1 aliphatic rings. The van der Waals surface area contributed by atoms with Crippen LogP contribution >= 0.6 is 23.2 Å². The lowest BCUT2D eigenvalue weighted by molar-refractivity contribution is 0.0763. The molecule has 4 rings (SSSR count). The number of aryl methyl sites for hydroxylation is 1. The van der Waals surface area contributed by atoms with Gasteiger partial charge in [0.05, 0.1) is 16.3 Å². The van der Waals surface area contributed by atoms with E-state index in [1.165, 1.54) is 0 Å². The fourth-order valence-corrected chi connectivity index (χ4v) is 3.92. The third kappa shape index (κ3) is 3.75. The van der Waals surface area contributed by atoms with Crippen LogP contribution in [0.1, 0.15) is 27.4 Å². The summed E-state index contributed by atoms with van der Waals surface area (Å²) in [5.41, 5.74) is 4.58. The van der Waals surface area contributed by atoms with Crippen molar-refractivity contribution in [2.24, 2.45) is 0 Å². The molecule has 28 heavy (non-hydrogen) atoms. The summed E-state index contributed by atoms with van der Waals surface area (Å²) in [6.45, 7) is 3.11. The number of carbonyl (C=O) groups excluding carboxylic acids is 1. The van der Waals surface area contributed by atoms with E-state index in [1.807, 2.05) is 48.2 Å². The molecular weight excluding hydrogens is 393 g/mol. The summed E-state index contributed by atoms with van der Waals surface area (Å²) in [6.07, 6.45) is 1.39. The highest BCUT2D eigenvalue weighted by molar-refractivity contribution is 6.33. The molecule has 1 amide bonds. The molecule has 0 N–H and O–H groups in total. The minimum absolute atomic E-state index is 0.0452. The Bertz CT molecular complexity index is 1030. The zero-order valence-corrected chi connectivity index (χ0v) is 17.0. The molecule has 0 spiro atoms. The normalized spacial score (nSPS) is 13.8. The van der Waals surface area contributed by atoms with Gasteiger partial charge in [-0.3, -0.25) is 4.79 Å². The Morgan fingerprint density at radius 1 is 0.964 bits per heavy atom. The van der Waals surface area contributed by atoms with E-state index in [2.05, 4.69) is 4.98 Å². The van der Waals surface area contributed by atoms with Gasteiger partial charge in [0.1, 0.15) is 5.82 Å². The van der Waals surface area contributed by atoms with Crippen molar-refractivity contribution in [3.8, 4) is 11.3 Å². The first-order chi connectivity index (χ1) is 13.5. The first-order valence-electron chi connectivity index (χ1n) is 9.19. The molecule has 0 aliphatic carbocycles. The SMILES string of the molecule is Cc1nc2c(c(-c3ccc(Cl)cc3)n1)CCN(C(=O)c1ccccc1Cl)CC2. The lowest BCUT2D eigenvalue weighted by Gasteiger charge is -2.20. The van der Waals surface area contributed by atoms with Crippen LogP contribution in [-0.4, -0.2) is 33.9 Å². The van der Waals surface area contributed by atoms with Crippen LogP contribution in [0.15, 0.2) is 48.5 Å². The highest BCUT2D eigenvalue weighted by Crippen LogP contribution is 2.28. The minimum atomic E-state index is -0.0452. The largest absolute Gasteiger partial charge is 0.338 e. The van der Waals surface area contributed by atoms with Crippen molar-refractivity contribution in [2.75, 3.05) is 13.1 Å². The van der Waals surface area contributed by atoms with Crippen LogP contribution in [0.25, 0.3) is 11.3 Å². The monoisotopic (exact) mass is 411 g/mol. The summed E-state index contributed by atoms with van der Waals surface area (Å²) >= 11 is 12.3. The van der Waals surface area contributed by atoms with Crippen LogP contribution < -0.4 is 0 Å². The summed E-state index contributed by atoms with van der Waals surface area (Å²) in [4.78, 5) is 24.2. The fraction of sp³-hybridized carbons (Fsp3) is 0.227. The Hall–Kier alpha value is -2.43. The van der Waals surface area contributed by atoms with Crippen molar-refractivity contribution in [3.63, 3.8) is 0 Å². The third-order valence-electron chi connectivity index (χ3n) is 4.96. The van der Waals surface area contributed by atoms with Crippen molar-refractivity contribution < 1.29 is 4.79 Å². The molecule has 4 nitrogen and oxygen atoms in total. The molecule has 142 valence electrons. The highest BCUT2D eigenvalue weighted by Gasteiger charge is 2.24. The number of amides is 1. The summed E-state index contributed by atoms with van der Waals surface area (Å²) in [5.74, 6) is 0.686. The molecule has 0 fully saturated rings. The van der Waals surface area contributed by atoms with E-state index >= 15 is 0 Å². The van der Waals surface area contributed by atoms with E-state index in [9.17, 15) is 4.79 Å². The molecule has 0 bridgehead atoms. The minimum Gasteiger partial charge on any atom is -0.338 e. The number of hydrogen-bond acceptors (Lipinski definition) is 3. The van der Waals surface area contributed by atoms with E-state index in [4.69, 9.17) is 28.2 Å². The first-order valence-corrected chi connectivity index (χ1v) is 9.94. The number of aromatic nitrogens is 2. The average Bonchev–Trinajstić information content (AvgIpc) is 2.90. The Balaban J connectivity index is 1.66. The molecule has 2 aromatic carbocycles. The molecule has 1 aromatic heterocycles. The predicted octanol–water partition coefficient (Wildman–Crippen LogP) is 5.00. The Morgan fingerprint density at radius 3 is 2.43 bits per heavy atom. The molecule has 1 aliphatic heterocycles. The number of halogens is 2. The van der Waals surface area contributed by atoms with Gasteiger partial charge in [-0.1, -0.05) is 47.5 Å². The molecule has 6 heteroatoms. The van der Waals surface area contributed by atoms with Gasteiger partial charge in [-0.2, -0.15) is 0 Å². The van der Waals surface area contributed by atoms with Gasteiger partial charge in [0.25, 0.3) is 5.91 Å². The Kier molecular flexibility index (Phi) is 5.33. The van der Waals surface area contributed by atoms with Crippen molar-refractivity contribution in [3.05, 3.63) is 81.2 Å². The van der Waals surface area contributed by atoms with Gasteiger partial charge in [0, 0.05) is 41.4 Å². The maximum absolute atomic E-state index is 13.0. The van der Waals surface area contributed by atoms with Gasteiger partial charge in [-0.15, -0.1) is 0 Å². The molecule has 0 radical (unpaired) electrons. The van der Waals surface area contributed by atoms with Crippen LogP contribution in [0, 0.1) is 6.92 Å². The van der Waals surface area contributed by atoms with Crippen molar-refractivity contribution in [2.45, 2.75) is 19.8 Å². The van der Waals surface area contributed by atoms with Gasteiger partial charge in [0.2, 0.25) is 0 Å². The smallest absolute Gasteiger partial charge is 0.255 e. The van der Waals surface area contributed by atoms with E-state index < -0.39 is 0 Å². The second-order valence-corrected chi connectivity index (χ2v) is 7.67. The van der Waals surface area contributed by atoms with Crippen LogP contribution in [0.5, 0.6) is 0 Å². The van der Waals surface area contributed by atoms with Crippen molar-refractivity contribution in [1.82, 2.24) is 14.9 Å². The van der Waals surface area contributed by atoms with E-state index in [1.54, 1.807) is 12.1 Å². The number of fused-ring (bicyclic) bond motifs is 1. The highest BCUT2D eigenvalue weighted by atomic mass is 35.5. The summed E-state index contributed by atoms with van der Waals surface area (Å²) < 4.78 is 0. The van der Waals surface area contributed by atoms with Crippen molar-refractivity contribution in [1.29, 1.82) is 0 Å². The molecule has 0 atom stereocenters. The van der Waals surface area contributed by atoms with Crippen LogP contribution in [-0.2, 0) is 12.8 Å². The summed E-state index contributed by atoms with van der Waals surface area (Å²) in [5, 5.41) is 1.17. The van der Waals surface area contributed by atoms with Crippen LogP contribution in [0.4, 0.5) is 0 Å². The van der Waals surface area contributed by atoms with Gasteiger partial charge in [0.15, 0.2) is 0 Å². The zero-order chi connectivity index (χ0) is 19.7. The second kappa shape index (κ2) is 7.90. The predicted molar refractivity (Wildman–Crippen MR) is 112 cm³/mol. The van der Waals surface area contributed by atoms with Gasteiger partial charge in [-0.05, 0) is 37.6 Å². The van der Waals surface area contributed by atoms with Crippen LogP contribution in [0.3, 0.4) is 0 Å². The number of hydrogen-bond donors (Lipinski definition) is 0. The lowest BCUT2D eigenvalue weighted by atomic mass is 10.0. The zero-order valence-electron chi connectivity index (χ0n) is 15.5. The Labute approximate surface area is 174 Å². The number of nitrogens with zero attached hydrogens (tertiary/aromatic N) is 3.